The van der Waals surface area contributed by atoms with Crippen molar-refractivity contribution in [2.45, 2.75) is 20.0 Å². The largest absolute Gasteiger partial charge is 0.492 e. The molecule has 210 valence electrons. The first kappa shape index (κ1) is 29.4. The number of anilines is 3. The molecule has 0 aliphatic rings. The van der Waals surface area contributed by atoms with Gasteiger partial charge in [0.25, 0.3) is 0 Å². The Bertz CT molecular complexity index is 1600. The summed E-state index contributed by atoms with van der Waals surface area (Å²) in [6, 6.07) is 21.0. The van der Waals surface area contributed by atoms with Crippen LogP contribution in [-0.4, -0.2) is 43.0 Å². The summed E-state index contributed by atoms with van der Waals surface area (Å²) in [5, 5.41) is 17.1. The number of aromatic nitrogens is 1. The van der Waals surface area contributed by atoms with Crippen LogP contribution in [0.4, 0.5) is 17.1 Å². The molecule has 1 atom stereocenters. The third-order valence-corrected chi connectivity index (χ3v) is 6.46. The van der Waals surface area contributed by atoms with E-state index in [0.717, 1.165) is 5.56 Å². The van der Waals surface area contributed by atoms with Crippen molar-refractivity contribution in [1.82, 2.24) is 9.88 Å². The summed E-state index contributed by atoms with van der Waals surface area (Å²) < 4.78 is 11.9. The standard InChI is InChI=1S/C32H32ClN5O3/c1-5-40-30-18-27-25(17-28(30)37-31(39)12-9-15-38(3)4)32(23(19-34)20-35-27)36-24-13-14-29(26(33)16-24)41-21(2)22-10-7-6-8-11-22/h6-14,16-18,20-21H,5,15H2,1-4H3,(H,35,36)(H,37,39)/b12-9+/t21-/m1/s1. The average Bonchev–Trinajstić information content (AvgIpc) is 2.95. The summed E-state index contributed by atoms with van der Waals surface area (Å²) in [4.78, 5) is 19.1. The van der Waals surface area contributed by atoms with Gasteiger partial charge in [0.2, 0.25) is 5.91 Å². The number of hydrogen-bond donors (Lipinski definition) is 2. The zero-order chi connectivity index (χ0) is 29.4. The zero-order valence-electron chi connectivity index (χ0n) is 23.4. The van der Waals surface area contributed by atoms with Gasteiger partial charge in [0.1, 0.15) is 23.7 Å². The quantitative estimate of drug-likeness (QED) is 0.186. The van der Waals surface area contributed by atoms with Crippen LogP contribution in [0.25, 0.3) is 10.9 Å². The smallest absolute Gasteiger partial charge is 0.248 e. The van der Waals surface area contributed by atoms with E-state index in [1.54, 1.807) is 30.3 Å². The second-order valence-corrected chi connectivity index (χ2v) is 9.96. The van der Waals surface area contributed by atoms with E-state index in [1.807, 2.05) is 69.2 Å². The molecule has 0 fully saturated rings. The van der Waals surface area contributed by atoms with Gasteiger partial charge >= 0.3 is 0 Å². The van der Waals surface area contributed by atoms with Crippen LogP contribution >= 0.6 is 11.6 Å². The number of likely N-dealkylation sites (N-methyl/N-ethyl adjacent to an activating group) is 1. The predicted molar refractivity (Wildman–Crippen MR) is 164 cm³/mol. The Balaban J connectivity index is 1.66. The normalized spacial score (nSPS) is 11.8. The van der Waals surface area contributed by atoms with Crippen molar-refractivity contribution in [3.8, 4) is 17.6 Å². The molecule has 8 nitrogen and oxygen atoms in total. The number of pyridine rings is 1. The highest BCUT2D eigenvalue weighted by molar-refractivity contribution is 6.32. The number of carbonyl (C=O) groups is 1. The topological polar surface area (TPSA) is 99.5 Å². The fourth-order valence-electron chi connectivity index (χ4n) is 4.16. The molecule has 0 aliphatic carbocycles. The van der Waals surface area contributed by atoms with Gasteiger partial charge in [0, 0.05) is 36.0 Å². The van der Waals surface area contributed by atoms with E-state index in [2.05, 4.69) is 21.7 Å². The number of nitrogens with one attached hydrogen (secondary N) is 2. The van der Waals surface area contributed by atoms with Crippen LogP contribution in [0.1, 0.15) is 31.1 Å². The first-order chi connectivity index (χ1) is 19.8. The third-order valence-electron chi connectivity index (χ3n) is 6.16. The molecule has 1 heterocycles. The van der Waals surface area contributed by atoms with Crippen LogP contribution < -0.4 is 20.1 Å². The van der Waals surface area contributed by atoms with E-state index in [4.69, 9.17) is 21.1 Å². The summed E-state index contributed by atoms with van der Waals surface area (Å²) in [6.07, 6.45) is 4.57. The second kappa shape index (κ2) is 13.7. The molecule has 0 unspecified atom stereocenters. The molecule has 41 heavy (non-hydrogen) atoms. The number of hydrogen-bond acceptors (Lipinski definition) is 7. The molecule has 4 aromatic rings. The number of nitriles is 1. The minimum Gasteiger partial charge on any atom is -0.492 e. The van der Waals surface area contributed by atoms with Gasteiger partial charge in [0.15, 0.2) is 0 Å². The van der Waals surface area contributed by atoms with Crippen molar-refractivity contribution in [3.05, 3.63) is 95.2 Å². The highest BCUT2D eigenvalue weighted by Crippen LogP contribution is 2.38. The molecule has 0 saturated carbocycles. The lowest BCUT2D eigenvalue weighted by molar-refractivity contribution is -0.111. The van der Waals surface area contributed by atoms with Gasteiger partial charge in [0.05, 0.1) is 34.1 Å². The predicted octanol–water partition coefficient (Wildman–Crippen LogP) is 7.10. The van der Waals surface area contributed by atoms with Gasteiger partial charge in [-0.2, -0.15) is 5.26 Å². The fraction of sp³-hybridized carbons (Fsp3) is 0.219. The maximum atomic E-state index is 12.6. The number of fused-ring (bicyclic) bond motifs is 1. The number of nitrogens with zero attached hydrogens (tertiary/aromatic N) is 3. The fourth-order valence-corrected chi connectivity index (χ4v) is 4.38. The van der Waals surface area contributed by atoms with Gasteiger partial charge in [-0.3, -0.25) is 9.78 Å². The van der Waals surface area contributed by atoms with Crippen LogP contribution in [-0.2, 0) is 4.79 Å². The van der Waals surface area contributed by atoms with Gasteiger partial charge in [-0.15, -0.1) is 0 Å². The molecular formula is C32H32ClN5O3. The Kier molecular flexibility index (Phi) is 9.80. The molecular weight excluding hydrogens is 538 g/mol. The molecule has 0 spiro atoms. The number of amides is 1. The van der Waals surface area contributed by atoms with E-state index in [9.17, 15) is 10.1 Å². The number of carbonyl (C=O) groups excluding carboxylic acids is 1. The summed E-state index contributed by atoms with van der Waals surface area (Å²) in [7, 11) is 3.85. The Morgan fingerprint density at radius 3 is 2.61 bits per heavy atom. The average molecular weight is 570 g/mol. The highest BCUT2D eigenvalue weighted by Gasteiger charge is 2.16. The Labute approximate surface area is 245 Å². The van der Waals surface area contributed by atoms with Crippen LogP contribution in [0.2, 0.25) is 5.02 Å². The van der Waals surface area contributed by atoms with Gasteiger partial charge in [-0.25, -0.2) is 0 Å². The lowest BCUT2D eigenvalue weighted by Gasteiger charge is -2.18. The molecule has 0 radical (unpaired) electrons. The first-order valence-corrected chi connectivity index (χ1v) is 13.6. The SMILES string of the molecule is CCOc1cc2ncc(C#N)c(Nc3ccc(O[C@H](C)c4ccccc4)c(Cl)c3)c2cc1NC(=O)/C=C/CN(C)C. The summed E-state index contributed by atoms with van der Waals surface area (Å²) in [5.41, 5.74) is 3.62. The molecule has 1 aromatic heterocycles. The number of rotatable bonds is 11. The molecule has 4 rings (SSSR count). The number of halogens is 1. The molecule has 0 bridgehead atoms. The van der Waals surface area contributed by atoms with Gasteiger partial charge < -0.3 is 25.0 Å². The highest BCUT2D eigenvalue weighted by atomic mass is 35.5. The maximum Gasteiger partial charge on any atom is 0.248 e. The van der Waals surface area contributed by atoms with Crippen molar-refractivity contribution in [3.63, 3.8) is 0 Å². The zero-order valence-corrected chi connectivity index (χ0v) is 24.2. The molecule has 3 aromatic carbocycles. The van der Waals surface area contributed by atoms with Crippen molar-refractivity contribution >= 4 is 45.5 Å². The first-order valence-electron chi connectivity index (χ1n) is 13.2. The van der Waals surface area contributed by atoms with Gasteiger partial charge in [-0.05, 0) is 57.8 Å². The van der Waals surface area contributed by atoms with Crippen molar-refractivity contribution < 1.29 is 14.3 Å². The van der Waals surface area contributed by atoms with E-state index < -0.39 is 0 Å². The minimum atomic E-state index is -0.293. The van der Waals surface area contributed by atoms with E-state index in [1.165, 1.54) is 12.3 Å². The van der Waals surface area contributed by atoms with Gasteiger partial charge in [-0.1, -0.05) is 48.0 Å². The summed E-state index contributed by atoms with van der Waals surface area (Å²) >= 11 is 6.60. The van der Waals surface area contributed by atoms with Crippen LogP contribution in [0.3, 0.4) is 0 Å². The minimum absolute atomic E-state index is 0.187. The third kappa shape index (κ3) is 7.54. The Morgan fingerprint density at radius 2 is 1.93 bits per heavy atom. The van der Waals surface area contributed by atoms with Crippen LogP contribution in [0.5, 0.6) is 11.5 Å². The molecule has 0 aliphatic heterocycles. The molecule has 2 N–H and O–H groups in total. The van der Waals surface area contributed by atoms with Crippen molar-refractivity contribution in [2.24, 2.45) is 0 Å². The lowest BCUT2D eigenvalue weighted by atomic mass is 10.1. The molecule has 0 saturated heterocycles. The van der Waals surface area contributed by atoms with Crippen LogP contribution in [0.15, 0.2) is 79.0 Å². The van der Waals surface area contributed by atoms with E-state index in [-0.39, 0.29) is 12.0 Å². The Morgan fingerprint density at radius 1 is 1.15 bits per heavy atom. The monoisotopic (exact) mass is 569 g/mol. The summed E-state index contributed by atoms with van der Waals surface area (Å²) in [6.45, 7) is 4.86. The lowest BCUT2D eigenvalue weighted by Crippen LogP contribution is -2.13. The Hall–Kier alpha value is -4.58. The van der Waals surface area contributed by atoms with Crippen molar-refractivity contribution in [2.75, 3.05) is 37.9 Å². The number of ether oxygens (including phenoxy) is 2. The van der Waals surface area contributed by atoms with E-state index >= 15 is 0 Å². The second-order valence-electron chi connectivity index (χ2n) is 9.55. The van der Waals surface area contributed by atoms with Crippen LogP contribution in [0, 0.1) is 11.3 Å². The van der Waals surface area contributed by atoms with Crippen molar-refractivity contribution in [1.29, 1.82) is 5.26 Å². The molecule has 1 amide bonds. The number of benzene rings is 3. The summed E-state index contributed by atoms with van der Waals surface area (Å²) in [5.74, 6) is 0.732. The maximum absolute atomic E-state index is 12.6. The van der Waals surface area contributed by atoms with E-state index in [0.29, 0.717) is 63.2 Å². The molecule has 9 heteroatoms.